The smallest absolute Gasteiger partial charge is 0.273 e. The predicted octanol–water partition coefficient (Wildman–Crippen LogP) is 1.57. The van der Waals surface area contributed by atoms with Crippen molar-refractivity contribution in [3.05, 3.63) is 16.1 Å². The molecule has 2 heterocycles. The fourth-order valence-corrected chi connectivity index (χ4v) is 2.85. The molecule has 0 saturated carbocycles. The monoisotopic (exact) mass is 281 g/mol. The van der Waals surface area contributed by atoms with E-state index in [1.165, 1.54) is 11.3 Å². The van der Waals surface area contributed by atoms with Crippen LogP contribution in [0.4, 0.5) is 0 Å². The van der Waals surface area contributed by atoms with Gasteiger partial charge in [0.1, 0.15) is 5.69 Å². The van der Waals surface area contributed by atoms with Crippen molar-refractivity contribution in [3.8, 4) is 0 Å². The highest BCUT2D eigenvalue weighted by Crippen LogP contribution is 2.20. The summed E-state index contributed by atoms with van der Waals surface area (Å²) in [4.78, 5) is 31.4. The lowest BCUT2D eigenvalue weighted by Crippen LogP contribution is -2.50. The number of aromatic nitrogens is 1. The fraction of sp³-hybridized carbons (Fsp3) is 0.615. The molecule has 0 radical (unpaired) electrons. The Morgan fingerprint density at radius 1 is 1.21 bits per heavy atom. The van der Waals surface area contributed by atoms with Gasteiger partial charge in [-0.05, 0) is 0 Å². The maximum Gasteiger partial charge on any atom is 0.273 e. The van der Waals surface area contributed by atoms with Gasteiger partial charge in [-0.1, -0.05) is 13.8 Å². The fourth-order valence-electron chi connectivity index (χ4n) is 2.04. The van der Waals surface area contributed by atoms with E-state index in [1.54, 1.807) is 16.7 Å². The molecule has 0 unspecified atom stereocenters. The van der Waals surface area contributed by atoms with Crippen molar-refractivity contribution < 1.29 is 9.59 Å². The molecule has 5 nitrogen and oxygen atoms in total. The Hall–Kier alpha value is -1.43. The zero-order valence-corrected chi connectivity index (χ0v) is 12.4. The van der Waals surface area contributed by atoms with E-state index >= 15 is 0 Å². The van der Waals surface area contributed by atoms with Crippen molar-refractivity contribution in [2.24, 2.45) is 0 Å². The maximum atomic E-state index is 12.3. The van der Waals surface area contributed by atoms with E-state index < -0.39 is 0 Å². The first kappa shape index (κ1) is 14.0. The van der Waals surface area contributed by atoms with Crippen LogP contribution in [0.3, 0.4) is 0 Å². The molecule has 1 aliphatic rings. The third-order valence-corrected chi connectivity index (χ3v) is 4.39. The van der Waals surface area contributed by atoms with Gasteiger partial charge in [0.15, 0.2) is 0 Å². The van der Waals surface area contributed by atoms with Crippen LogP contribution in [-0.2, 0) is 4.79 Å². The lowest BCUT2D eigenvalue weighted by molar-refractivity contribution is -0.130. The number of hydrogen-bond donors (Lipinski definition) is 0. The summed E-state index contributed by atoms with van der Waals surface area (Å²) in [5.41, 5.74) is 0.532. The standard InChI is InChI=1S/C13H19N3O2S/c1-9(2)12-14-11(8-19-12)13(18)16-6-4-15(5-7-16)10(3)17/h8-9H,4-7H2,1-3H3. The molecular formula is C13H19N3O2S. The SMILES string of the molecule is CC(=O)N1CCN(C(=O)c2csc(C(C)C)n2)CC1. The quantitative estimate of drug-likeness (QED) is 0.827. The highest BCUT2D eigenvalue weighted by atomic mass is 32.1. The highest BCUT2D eigenvalue weighted by Gasteiger charge is 2.24. The van der Waals surface area contributed by atoms with Gasteiger partial charge >= 0.3 is 0 Å². The molecule has 0 spiro atoms. The summed E-state index contributed by atoms with van der Waals surface area (Å²) in [5.74, 6) is 0.398. The number of hydrogen-bond acceptors (Lipinski definition) is 4. The summed E-state index contributed by atoms with van der Waals surface area (Å²) in [6, 6.07) is 0. The van der Waals surface area contributed by atoms with E-state index in [-0.39, 0.29) is 11.8 Å². The minimum absolute atomic E-state index is 0.0219. The molecular weight excluding hydrogens is 262 g/mol. The van der Waals surface area contributed by atoms with Gasteiger partial charge < -0.3 is 9.80 Å². The first-order valence-electron chi connectivity index (χ1n) is 6.49. The Balaban J connectivity index is 1.99. The summed E-state index contributed by atoms with van der Waals surface area (Å²) >= 11 is 1.53. The normalized spacial score (nSPS) is 16.0. The van der Waals surface area contributed by atoms with Gasteiger partial charge in [0.05, 0.1) is 5.01 Å². The van der Waals surface area contributed by atoms with Gasteiger partial charge in [0.25, 0.3) is 5.91 Å². The Bertz CT molecular complexity index is 476. The van der Waals surface area contributed by atoms with Crippen LogP contribution in [-0.4, -0.2) is 52.8 Å². The molecule has 0 N–H and O–H groups in total. The number of thiazole rings is 1. The minimum atomic E-state index is -0.0219. The largest absolute Gasteiger partial charge is 0.339 e. The molecule has 19 heavy (non-hydrogen) atoms. The number of amides is 2. The number of nitrogens with zero attached hydrogens (tertiary/aromatic N) is 3. The summed E-state index contributed by atoms with van der Waals surface area (Å²) in [5, 5.41) is 2.82. The first-order valence-corrected chi connectivity index (χ1v) is 7.37. The van der Waals surface area contributed by atoms with Crippen LogP contribution in [0, 0.1) is 0 Å². The average Bonchev–Trinajstić information content (AvgIpc) is 2.87. The van der Waals surface area contributed by atoms with Crippen LogP contribution in [0.1, 0.15) is 42.2 Å². The Kier molecular flexibility index (Phi) is 4.19. The predicted molar refractivity (Wildman–Crippen MR) is 74.4 cm³/mol. The molecule has 0 aromatic carbocycles. The molecule has 6 heteroatoms. The number of carbonyl (C=O) groups excluding carboxylic acids is 2. The van der Waals surface area contributed by atoms with Gasteiger partial charge in [-0.3, -0.25) is 9.59 Å². The molecule has 0 bridgehead atoms. The lowest BCUT2D eigenvalue weighted by atomic mass is 10.2. The van der Waals surface area contributed by atoms with E-state index in [9.17, 15) is 9.59 Å². The minimum Gasteiger partial charge on any atom is -0.339 e. The first-order chi connectivity index (χ1) is 8.99. The van der Waals surface area contributed by atoms with Crippen molar-refractivity contribution in [1.82, 2.24) is 14.8 Å². The van der Waals surface area contributed by atoms with Crippen molar-refractivity contribution in [1.29, 1.82) is 0 Å². The van der Waals surface area contributed by atoms with E-state index in [0.717, 1.165) is 5.01 Å². The molecule has 0 atom stereocenters. The molecule has 104 valence electrons. The van der Waals surface area contributed by atoms with Gasteiger partial charge in [-0.15, -0.1) is 11.3 Å². The van der Waals surface area contributed by atoms with E-state index in [2.05, 4.69) is 18.8 Å². The zero-order chi connectivity index (χ0) is 14.0. The van der Waals surface area contributed by atoms with E-state index in [4.69, 9.17) is 0 Å². The van der Waals surface area contributed by atoms with Crippen LogP contribution in [0.5, 0.6) is 0 Å². The second-order valence-corrected chi connectivity index (χ2v) is 5.91. The molecule has 0 aliphatic carbocycles. The maximum absolute atomic E-state index is 12.3. The van der Waals surface area contributed by atoms with Crippen LogP contribution >= 0.6 is 11.3 Å². The molecule has 2 rings (SSSR count). The van der Waals surface area contributed by atoms with Gasteiger partial charge in [-0.25, -0.2) is 4.98 Å². The second kappa shape index (κ2) is 5.69. The van der Waals surface area contributed by atoms with Crippen molar-refractivity contribution in [2.75, 3.05) is 26.2 Å². The van der Waals surface area contributed by atoms with Crippen LogP contribution in [0.2, 0.25) is 0 Å². The van der Waals surface area contributed by atoms with Crippen LogP contribution < -0.4 is 0 Å². The molecule has 1 aromatic heterocycles. The summed E-state index contributed by atoms with van der Waals surface area (Å²) < 4.78 is 0. The Morgan fingerprint density at radius 3 is 2.26 bits per heavy atom. The summed E-state index contributed by atoms with van der Waals surface area (Å²) in [7, 11) is 0. The average molecular weight is 281 g/mol. The van der Waals surface area contributed by atoms with Gasteiger partial charge in [0, 0.05) is 44.4 Å². The number of rotatable bonds is 2. The Labute approximate surface area is 117 Å². The summed E-state index contributed by atoms with van der Waals surface area (Å²) in [6.07, 6.45) is 0. The van der Waals surface area contributed by atoms with Crippen molar-refractivity contribution in [3.63, 3.8) is 0 Å². The molecule has 2 amide bonds. The van der Waals surface area contributed by atoms with Crippen LogP contribution in [0.15, 0.2) is 5.38 Å². The summed E-state index contributed by atoms with van der Waals surface area (Å²) in [6.45, 7) is 8.11. The highest BCUT2D eigenvalue weighted by molar-refractivity contribution is 7.09. The molecule has 1 aliphatic heterocycles. The van der Waals surface area contributed by atoms with Crippen molar-refractivity contribution >= 4 is 23.2 Å². The third-order valence-electron chi connectivity index (χ3n) is 3.25. The molecule has 1 saturated heterocycles. The topological polar surface area (TPSA) is 53.5 Å². The van der Waals surface area contributed by atoms with Crippen molar-refractivity contribution in [2.45, 2.75) is 26.7 Å². The number of carbonyl (C=O) groups is 2. The third kappa shape index (κ3) is 3.12. The lowest BCUT2D eigenvalue weighted by Gasteiger charge is -2.33. The molecule has 1 fully saturated rings. The van der Waals surface area contributed by atoms with Gasteiger partial charge in [0.2, 0.25) is 5.91 Å². The van der Waals surface area contributed by atoms with Crippen LogP contribution in [0.25, 0.3) is 0 Å². The van der Waals surface area contributed by atoms with E-state index in [1.807, 2.05) is 5.38 Å². The zero-order valence-electron chi connectivity index (χ0n) is 11.5. The molecule has 1 aromatic rings. The second-order valence-electron chi connectivity index (χ2n) is 5.02. The number of piperazine rings is 1. The van der Waals surface area contributed by atoms with Gasteiger partial charge in [-0.2, -0.15) is 0 Å². The van der Waals surface area contributed by atoms with E-state index in [0.29, 0.717) is 37.8 Å². The Morgan fingerprint density at radius 2 is 1.79 bits per heavy atom.